The maximum absolute atomic E-state index is 12.0. The van der Waals surface area contributed by atoms with Crippen LogP contribution in [0.5, 0.6) is 0 Å². The van der Waals surface area contributed by atoms with Crippen LogP contribution in [0.25, 0.3) is 0 Å². The molecule has 0 saturated heterocycles. The maximum Gasteiger partial charge on any atom is 0.243 e. The van der Waals surface area contributed by atoms with Gasteiger partial charge in [-0.25, -0.2) is 0 Å². The van der Waals surface area contributed by atoms with Crippen LogP contribution in [0.4, 0.5) is 5.69 Å². The first-order chi connectivity index (χ1) is 11.5. The van der Waals surface area contributed by atoms with Crippen LogP contribution in [0.2, 0.25) is 10.0 Å². The van der Waals surface area contributed by atoms with Crippen molar-refractivity contribution in [3.05, 3.63) is 64.1 Å². The third-order valence-electron chi connectivity index (χ3n) is 3.51. The molecule has 2 aromatic carbocycles. The van der Waals surface area contributed by atoms with Crippen molar-refractivity contribution in [2.75, 3.05) is 11.9 Å². The molecule has 24 heavy (non-hydrogen) atoms. The van der Waals surface area contributed by atoms with Crippen molar-refractivity contribution >= 4 is 40.7 Å². The summed E-state index contributed by atoms with van der Waals surface area (Å²) in [6.45, 7) is 1.85. The van der Waals surface area contributed by atoms with E-state index in [9.17, 15) is 9.59 Å². The summed E-state index contributed by atoms with van der Waals surface area (Å²) in [6.07, 6.45) is 0.315. The van der Waals surface area contributed by atoms with E-state index in [1.807, 2.05) is 37.3 Å². The molecule has 0 aliphatic rings. The summed E-state index contributed by atoms with van der Waals surface area (Å²) < 4.78 is 0. The van der Waals surface area contributed by atoms with E-state index < -0.39 is 0 Å². The highest BCUT2D eigenvalue weighted by atomic mass is 35.5. The highest BCUT2D eigenvalue weighted by Gasteiger charge is 2.12. The van der Waals surface area contributed by atoms with Crippen LogP contribution < -0.4 is 10.6 Å². The van der Waals surface area contributed by atoms with E-state index in [4.69, 9.17) is 23.2 Å². The van der Waals surface area contributed by atoms with E-state index in [1.165, 1.54) is 0 Å². The Morgan fingerprint density at radius 1 is 1.04 bits per heavy atom. The number of carbonyl (C=O) groups excluding carboxylic acids is 2. The highest BCUT2D eigenvalue weighted by Crippen LogP contribution is 2.25. The summed E-state index contributed by atoms with van der Waals surface area (Å²) in [4.78, 5) is 23.9. The average Bonchev–Trinajstić information content (AvgIpc) is 2.57. The number of rotatable bonds is 6. The lowest BCUT2D eigenvalue weighted by molar-refractivity contribution is -0.124. The largest absolute Gasteiger partial charge is 0.347 e. The zero-order valence-corrected chi connectivity index (χ0v) is 14.7. The fourth-order valence-electron chi connectivity index (χ4n) is 2.22. The Balaban J connectivity index is 1.81. The molecule has 0 aromatic heterocycles. The quantitative estimate of drug-likeness (QED) is 0.804. The Morgan fingerprint density at radius 3 is 2.46 bits per heavy atom. The van der Waals surface area contributed by atoms with Crippen LogP contribution in [-0.4, -0.2) is 18.4 Å². The zero-order chi connectivity index (χ0) is 17.5. The molecule has 4 nitrogen and oxygen atoms in total. The van der Waals surface area contributed by atoms with Crippen molar-refractivity contribution < 1.29 is 9.59 Å². The maximum atomic E-state index is 12.0. The van der Waals surface area contributed by atoms with Crippen molar-refractivity contribution in [1.29, 1.82) is 0 Å². The number of hydrogen-bond acceptors (Lipinski definition) is 2. The topological polar surface area (TPSA) is 58.2 Å². The molecule has 126 valence electrons. The van der Waals surface area contributed by atoms with Gasteiger partial charge in [-0.15, -0.1) is 0 Å². The SMILES string of the molecule is C[C@H](CC(=O)NCC(=O)Nc1cc(Cl)ccc1Cl)c1ccccc1. The number of halogens is 2. The molecule has 2 rings (SSSR count). The van der Waals surface area contributed by atoms with E-state index in [0.29, 0.717) is 22.2 Å². The van der Waals surface area contributed by atoms with Gasteiger partial charge in [-0.05, 0) is 29.7 Å². The number of amides is 2. The second kappa shape index (κ2) is 8.71. The third-order valence-corrected chi connectivity index (χ3v) is 4.07. The van der Waals surface area contributed by atoms with Gasteiger partial charge < -0.3 is 10.6 Å². The summed E-state index contributed by atoms with van der Waals surface area (Å²) in [5.74, 6) is -0.463. The smallest absolute Gasteiger partial charge is 0.243 e. The number of benzene rings is 2. The fourth-order valence-corrected chi connectivity index (χ4v) is 2.55. The molecule has 0 radical (unpaired) electrons. The normalized spacial score (nSPS) is 11.6. The Morgan fingerprint density at radius 2 is 1.75 bits per heavy atom. The van der Waals surface area contributed by atoms with E-state index in [0.717, 1.165) is 5.56 Å². The summed E-state index contributed by atoms with van der Waals surface area (Å²) in [5, 5.41) is 6.09. The van der Waals surface area contributed by atoms with Gasteiger partial charge in [0.05, 0.1) is 17.3 Å². The fraction of sp³-hybridized carbons (Fsp3) is 0.222. The van der Waals surface area contributed by atoms with Crippen LogP contribution in [0.3, 0.4) is 0 Å². The average molecular weight is 365 g/mol. The Kier molecular flexibility index (Phi) is 6.64. The van der Waals surface area contributed by atoms with E-state index in [1.54, 1.807) is 18.2 Å². The van der Waals surface area contributed by atoms with Gasteiger partial charge in [0.1, 0.15) is 0 Å². The van der Waals surface area contributed by atoms with Gasteiger partial charge in [-0.2, -0.15) is 0 Å². The van der Waals surface area contributed by atoms with E-state index >= 15 is 0 Å². The molecule has 0 unspecified atom stereocenters. The van der Waals surface area contributed by atoms with Gasteiger partial charge in [-0.1, -0.05) is 60.5 Å². The van der Waals surface area contributed by atoms with Gasteiger partial charge >= 0.3 is 0 Å². The minimum atomic E-state index is -0.361. The van der Waals surface area contributed by atoms with Crippen molar-refractivity contribution in [3.63, 3.8) is 0 Å². The summed E-state index contributed by atoms with van der Waals surface area (Å²) >= 11 is 11.8. The Hall–Kier alpha value is -2.04. The van der Waals surface area contributed by atoms with E-state index in [-0.39, 0.29) is 24.3 Å². The number of hydrogen-bond donors (Lipinski definition) is 2. The monoisotopic (exact) mass is 364 g/mol. The molecular weight excluding hydrogens is 347 g/mol. The standard InChI is InChI=1S/C18H18Cl2N2O2/c1-12(13-5-3-2-4-6-13)9-17(23)21-11-18(24)22-16-10-14(19)7-8-15(16)20/h2-8,10,12H,9,11H2,1H3,(H,21,23)(H,22,24)/t12-/m1/s1. The second-order valence-corrected chi connectivity index (χ2v) is 6.31. The first kappa shape index (κ1) is 18.3. The lowest BCUT2D eigenvalue weighted by Gasteiger charge is -2.12. The molecular formula is C18H18Cl2N2O2. The Labute approximate surface area is 151 Å². The molecule has 0 aliphatic heterocycles. The number of nitrogens with one attached hydrogen (secondary N) is 2. The van der Waals surface area contributed by atoms with Crippen molar-refractivity contribution in [1.82, 2.24) is 5.32 Å². The lowest BCUT2D eigenvalue weighted by Crippen LogP contribution is -2.33. The Bertz CT molecular complexity index is 720. The molecule has 0 aliphatic carbocycles. The zero-order valence-electron chi connectivity index (χ0n) is 13.2. The predicted molar refractivity (Wildman–Crippen MR) is 97.6 cm³/mol. The molecule has 1 atom stereocenters. The van der Waals surface area contributed by atoms with Crippen molar-refractivity contribution in [3.8, 4) is 0 Å². The predicted octanol–water partition coefficient (Wildman–Crippen LogP) is 4.24. The molecule has 2 N–H and O–H groups in total. The van der Waals surface area contributed by atoms with Crippen LogP contribution in [0.1, 0.15) is 24.8 Å². The molecule has 6 heteroatoms. The summed E-state index contributed by atoms with van der Waals surface area (Å²) in [7, 11) is 0. The summed E-state index contributed by atoms with van der Waals surface area (Å²) in [5.41, 5.74) is 1.50. The van der Waals surface area contributed by atoms with Crippen LogP contribution in [-0.2, 0) is 9.59 Å². The van der Waals surface area contributed by atoms with Crippen LogP contribution >= 0.6 is 23.2 Å². The van der Waals surface area contributed by atoms with E-state index in [2.05, 4.69) is 10.6 Å². The molecule has 0 fully saturated rings. The van der Waals surface area contributed by atoms with Gasteiger partial charge in [0, 0.05) is 11.4 Å². The summed E-state index contributed by atoms with van der Waals surface area (Å²) in [6, 6.07) is 14.5. The number of carbonyl (C=O) groups is 2. The molecule has 0 spiro atoms. The van der Waals surface area contributed by atoms with Gasteiger partial charge in [0.15, 0.2) is 0 Å². The molecule has 0 heterocycles. The first-order valence-corrected chi connectivity index (χ1v) is 8.28. The first-order valence-electron chi connectivity index (χ1n) is 7.52. The highest BCUT2D eigenvalue weighted by molar-refractivity contribution is 6.35. The van der Waals surface area contributed by atoms with Gasteiger partial charge in [0.2, 0.25) is 11.8 Å². The van der Waals surface area contributed by atoms with Crippen molar-refractivity contribution in [2.45, 2.75) is 19.3 Å². The van der Waals surface area contributed by atoms with Gasteiger partial charge in [-0.3, -0.25) is 9.59 Å². The second-order valence-electron chi connectivity index (χ2n) is 5.46. The van der Waals surface area contributed by atoms with Crippen LogP contribution in [0.15, 0.2) is 48.5 Å². The minimum Gasteiger partial charge on any atom is -0.347 e. The minimum absolute atomic E-state index is 0.0802. The lowest BCUT2D eigenvalue weighted by atomic mass is 9.98. The van der Waals surface area contributed by atoms with Crippen LogP contribution in [0, 0.1) is 0 Å². The molecule has 0 bridgehead atoms. The van der Waals surface area contributed by atoms with Gasteiger partial charge in [0.25, 0.3) is 0 Å². The molecule has 0 saturated carbocycles. The molecule has 2 amide bonds. The molecule has 2 aromatic rings. The number of anilines is 1. The van der Waals surface area contributed by atoms with Crippen molar-refractivity contribution in [2.24, 2.45) is 0 Å². The third kappa shape index (κ3) is 5.55.